The predicted octanol–water partition coefficient (Wildman–Crippen LogP) is 4.08. The zero-order valence-electron chi connectivity index (χ0n) is 15.0. The van der Waals surface area contributed by atoms with E-state index in [0.29, 0.717) is 12.5 Å². The van der Waals surface area contributed by atoms with Gasteiger partial charge in [-0.05, 0) is 41.7 Å². The molecule has 0 radical (unpaired) electrons. The fourth-order valence-electron chi connectivity index (χ4n) is 3.97. The predicted molar refractivity (Wildman–Crippen MR) is 99.0 cm³/mol. The maximum atomic E-state index is 14.3. The van der Waals surface area contributed by atoms with Gasteiger partial charge in [-0.1, -0.05) is 31.5 Å². The van der Waals surface area contributed by atoms with Crippen LogP contribution in [0.3, 0.4) is 0 Å². The number of carbonyl (C=O) groups is 1. The van der Waals surface area contributed by atoms with Crippen LogP contribution in [0.5, 0.6) is 5.75 Å². The van der Waals surface area contributed by atoms with Crippen LogP contribution in [0.1, 0.15) is 37.0 Å². The summed E-state index contributed by atoms with van der Waals surface area (Å²) in [5.74, 6) is -1.07. The van der Waals surface area contributed by atoms with Gasteiger partial charge >= 0.3 is 0 Å². The highest BCUT2D eigenvalue weighted by Crippen LogP contribution is 2.59. The molecule has 142 valence electrons. The maximum absolute atomic E-state index is 14.3. The molecule has 4 rings (SSSR count). The van der Waals surface area contributed by atoms with Crippen molar-refractivity contribution < 1.29 is 22.3 Å². The standard InChI is InChI=1S/C19H22ClFO4S/c1-19(2)12-5-4-11(14(19)6-12)9-25-18-8-16(21)13(7-15(18)20)17(22)10-26(3,23)24/h4,7-8,12,14H,5-6,9-10H2,1-3H3/t12-,14-/m0/s1. The Labute approximate surface area is 158 Å². The molecule has 0 aliphatic heterocycles. The Bertz CT molecular complexity index is 889. The third kappa shape index (κ3) is 3.67. The average Bonchev–Trinajstić information content (AvgIpc) is 2.53. The monoisotopic (exact) mass is 400 g/mol. The molecule has 0 aromatic heterocycles. The van der Waals surface area contributed by atoms with Gasteiger partial charge in [-0.2, -0.15) is 0 Å². The summed E-state index contributed by atoms with van der Waals surface area (Å²) in [5, 5.41) is 0.0883. The Kier molecular flexibility index (Phi) is 4.95. The lowest BCUT2D eigenvalue weighted by Crippen LogP contribution is -2.48. The molecule has 7 heteroatoms. The molecule has 1 fully saturated rings. The van der Waals surface area contributed by atoms with E-state index in [1.807, 2.05) is 0 Å². The number of benzene rings is 1. The van der Waals surface area contributed by atoms with E-state index in [-0.39, 0.29) is 21.8 Å². The van der Waals surface area contributed by atoms with Gasteiger partial charge in [0.1, 0.15) is 23.9 Å². The van der Waals surface area contributed by atoms with Crippen molar-refractivity contribution in [1.82, 2.24) is 0 Å². The molecular formula is C19H22ClFO4S. The van der Waals surface area contributed by atoms with Crippen molar-refractivity contribution in [2.45, 2.75) is 26.7 Å². The molecule has 0 spiro atoms. The van der Waals surface area contributed by atoms with E-state index in [4.69, 9.17) is 16.3 Å². The number of halogens is 2. The average molecular weight is 401 g/mol. The van der Waals surface area contributed by atoms with Gasteiger partial charge in [0.25, 0.3) is 0 Å². The smallest absolute Gasteiger partial charge is 0.180 e. The Morgan fingerprint density at radius 2 is 2.08 bits per heavy atom. The molecule has 0 N–H and O–H groups in total. The van der Waals surface area contributed by atoms with Crippen LogP contribution < -0.4 is 4.74 Å². The fraction of sp³-hybridized carbons (Fsp3) is 0.526. The molecule has 3 aliphatic carbocycles. The Morgan fingerprint density at radius 3 is 2.65 bits per heavy atom. The van der Waals surface area contributed by atoms with Gasteiger partial charge in [0.2, 0.25) is 0 Å². The first-order valence-electron chi connectivity index (χ1n) is 8.50. The number of ketones is 1. The zero-order valence-corrected chi connectivity index (χ0v) is 16.6. The first-order chi connectivity index (χ1) is 12.0. The summed E-state index contributed by atoms with van der Waals surface area (Å²) >= 11 is 6.12. The van der Waals surface area contributed by atoms with E-state index in [0.717, 1.165) is 37.1 Å². The van der Waals surface area contributed by atoms with Crippen molar-refractivity contribution in [2.75, 3.05) is 18.6 Å². The van der Waals surface area contributed by atoms with Gasteiger partial charge < -0.3 is 4.74 Å². The van der Waals surface area contributed by atoms with E-state index in [1.54, 1.807) is 0 Å². The summed E-state index contributed by atoms with van der Waals surface area (Å²) in [6.45, 7) is 4.85. The minimum absolute atomic E-state index is 0.0883. The second kappa shape index (κ2) is 6.64. The molecule has 1 aromatic rings. The molecule has 2 atom stereocenters. The van der Waals surface area contributed by atoms with Crippen LogP contribution in [0, 0.1) is 23.1 Å². The molecule has 3 aliphatic rings. The van der Waals surface area contributed by atoms with Gasteiger partial charge in [0, 0.05) is 12.3 Å². The molecular weight excluding hydrogens is 379 g/mol. The van der Waals surface area contributed by atoms with Gasteiger partial charge in [0.15, 0.2) is 15.6 Å². The van der Waals surface area contributed by atoms with Gasteiger partial charge in [0.05, 0.1) is 10.6 Å². The number of allylic oxidation sites excluding steroid dienone is 1. The lowest BCUT2D eigenvalue weighted by molar-refractivity contribution is -0.0115. The van der Waals surface area contributed by atoms with Gasteiger partial charge in [-0.15, -0.1) is 0 Å². The normalized spacial score (nSPS) is 23.8. The van der Waals surface area contributed by atoms with Crippen molar-refractivity contribution in [3.05, 3.63) is 40.2 Å². The number of sulfone groups is 1. The van der Waals surface area contributed by atoms with Crippen LogP contribution in [-0.4, -0.2) is 32.8 Å². The topological polar surface area (TPSA) is 60.4 Å². The largest absolute Gasteiger partial charge is 0.488 e. The van der Waals surface area contributed by atoms with Crippen molar-refractivity contribution >= 4 is 27.2 Å². The number of hydrogen-bond donors (Lipinski definition) is 0. The Balaban J connectivity index is 1.73. The highest BCUT2D eigenvalue weighted by atomic mass is 35.5. The maximum Gasteiger partial charge on any atom is 0.180 e. The molecule has 0 amide bonds. The molecule has 0 saturated heterocycles. The fourth-order valence-corrected chi connectivity index (χ4v) is 4.82. The van der Waals surface area contributed by atoms with Crippen molar-refractivity contribution in [3.8, 4) is 5.75 Å². The minimum atomic E-state index is -3.55. The van der Waals surface area contributed by atoms with Crippen LogP contribution >= 0.6 is 11.6 Å². The van der Waals surface area contributed by atoms with Crippen LogP contribution in [0.15, 0.2) is 23.8 Å². The number of fused-ring (bicyclic) bond motifs is 1. The van der Waals surface area contributed by atoms with Crippen molar-refractivity contribution in [1.29, 1.82) is 0 Å². The van der Waals surface area contributed by atoms with E-state index in [1.165, 1.54) is 5.57 Å². The zero-order chi connectivity index (χ0) is 19.3. The summed E-state index contributed by atoms with van der Waals surface area (Å²) in [6.07, 6.45) is 5.30. The molecule has 4 nitrogen and oxygen atoms in total. The minimum Gasteiger partial charge on any atom is -0.488 e. The van der Waals surface area contributed by atoms with Crippen molar-refractivity contribution in [2.24, 2.45) is 17.3 Å². The second-order valence-corrected chi connectivity index (χ2v) is 10.4. The summed E-state index contributed by atoms with van der Waals surface area (Å²) in [7, 11) is -3.55. The highest BCUT2D eigenvalue weighted by Gasteiger charge is 2.51. The first kappa shape index (κ1) is 19.4. The lowest BCUT2D eigenvalue weighted by atomic mass is 9.49. The summed E-state index contributed by atoms with van der Waals surface area (Å²) < 4.78 is 42.4. The molecule has 26 heavy (non-hydrogen) atoms. The number of Topliss-reactive ketones (excluding diaryl/α,β-unsaturated/α-hetero) is 1. The van der Waals surface area contributed by atoms with Gasteiger partial charge in [-0.3, -0.25) is 4.79 Å². The first-order valence-corrected chi connectivity index (χ1v) is 10.9. The molecule has 1 saturated carbocycles. The number of ether oxygens (including phenoxy) is 1. The molecule has 1 aromatic carbocycles. The summed E-state index contributed by atoms with van der Waals surface area (Å²) in [4.78, 5) is 11.9. The van der Waals surface area contributed by atoms with Crippen LogP contribution in [0.25, 0.3) is 0 Å². The van der Waals surface area contributed by atoms with Gasteiger partial charge in [-0.25, -0.2) is 12.8 Å². The Hall–Kier alpha value is -1.40. The van der Waals surface area contributed by atoms with Crippen LogP contribution in [0.4, 0.5) is 4.39 Å². The second-order valence-electron chi connectivity index (χ2n) is 7.87. The molecule has 0 heterocycles. The van der Waals surface area contributed by atoms with E-state index in [2.05, 4.69) is 19.9 Å². The van der Waals surface area contributed by atoms with E-state index in [9.17, 15) is 17.6 Å². The molecule has 2 bridgehead atoms. The highest BCUT2D eigenvalue weighted by molar-refractivity contribution is 7.91. The van der Waals surface area contributed by atoms with Crippen LogP contribution in [-0.2, 0) is 9.84 Å². The lowest BCUT2D eigenvalue weighted by Gasteiger charge is -2.56. The number of rotatable bonds is 6. The Morgan fingerprint density at radius 1 is 1.38 bits per heavy atom. The molecule has 0 unspecified atom stereocenters. The third-order valence-electron chi connectivity index (χ3n) is 5.69. The van der Waals surface area contributed by atoms with Crippen LogP contribution in [0.2, 0.25) is 5.02 Å². The summed E-state index contributed by atoms with van der Waals surface area (Å²) in [6, 6.07) is 2.19. The SMILES string of the molecule is CC1(C)[C@H]2CC=C(COc3cc(F)c(C(=O)CS(C)(=O)=O)cc3Cl)[C@@H]1C2. The van der Waals surface area contributed by atoms with E-state index < -0.39 is 27.2 Å². The number of hydrogen-bond acceptors (Lipinski definition) is 4. The number of carbonyl (C=O) groups excluding carboxylic acids is 1. The summed E-state index contributed by atoms with van der Waals surface area (Å²) in [5.41, 5.74) is 1.13. The third-order valence-corrected chi connectivity index (χ3v) is 6.77. The van der Waals surface area contributed by atoms with E-state index >= 15 is 0 Å². The van der Waals surface area contributed by atoms with Crippen molar-refractivity contribution in [3.63, 3.8) is 0 Å². The quantitative estimate of drug-likeness (QED) is 0.533.